The van der Waals surface area contributed by atoms with Crippen LogP contribution in [0.4, 0.5) is 0 Å². The fourth-order valence-electron chi connectivity index (χ4n) is 1.80. The van der Waals surface area contributed by atoms with Gasteiger partial charge in [0.2, 0.25) is 0 Å². The van der Waals surface area contributed by atoms with Crippen molar-refractivity contribution in [2.75, 3.05) is 5.88 Å². The van der Waals surface area contributed by atoms with Gasteiger partial charge in [-0.15, -0.1) is 11.6 Å². The average molecular weight is 207 g/mol. The molecule has 13 heavy (non-hydrogen) atoms. The minimum atomic E-state index is -0.0579. The summed E-state index contributed by atoms with van der Waals surface area (Å²) in [7, 11) is 0. The lowest BCUT2D eigenvalue weighted by Gasteiger charge is -2.39. The second-order valence-electron chi connectivity index (χ2n) is 4.29. The third-order valence-electron chi connectivity index (χ3n) is 2.19. The van der Waals surface area contributed by atoms with E-state index < -0.39 is 0 Å². The number of hydrogen-bond donors (Lipinski definition) is 0. The molecule has 3 heteroatoms. The molecule has 0 aromatic heterocycles. The van der Waals surface area contributed by atoms with E-state index in [0.717, 1.165) is 19.3 Å². The summed E-state index contributed by atoms with van der Waals surface area (Å²) in [5.74, 6) is 0.679. The second-order valence-corrected chi connectivity index (χ2v) is 4.67. The van der Waals surface area contributed by atoms with Crippen molar-refractivity contribution in [1.29, 1.82) is 0 Å². The molecule has 0 amide bonds. The maximum atomic E-state index is 5.77. The van der Waals surface area contributed by atoms with Gasteiger partial charge in [0.15, 0.2) is 6.29 Å². The Morgan fingerprint density at radius 2 is 2.15 bits per heavy atom. The van der Waals surface area contributed by atoms with Crippen molar-refractivity contribution >= 4 is 11.6 Å². The number of hydrogen-bond acceptors (Lipinski definition) is 2. The van der Waals surface area contributed by atoms with Crippen molar-refractivity contribution in [3.8, 4) is 0 Å². The first-order chi connectivity index (χ1) is 6.03. The van der Waals surface area contributed by atoms with E-state index in [1.165, 1.54) is 0 Å². The Hall–Kier alpha value is 0.210. The minimum absolute atomic E-state index is 0.0470. The molecule has 0 N–H and O–H groups in total. The number of alkyl halides is 1. The van der Waals surface area contributed by atoms with Crippen LogP contribution in [0.15, 0.2) is 0 Å². The molecule has 2 nitrogen and oxygen atoms in total. The van der Waals surface area contributed by atoms with Crippen molar-refractivity contribution in [3.05, 3.63) is 0 Å². The molecule has 1 saturated heterocycles. The lowest BCUT2D eigenvalue weighted by atomic mass is 10.00. The zero-order valence-corrected chi connectivity index (χ0v) is 9.43. The van der Waals surface area contributed by atoms with E-state index in [1.807, 2.05) is 0 Å². The number of ether oxygens (including phenoxy) is 2. The van der Waals surface area contributed by atoms with E-state index >= 15 is 0 Å². The molecule has 2 atom stereocenters. The van der Waals surface area contributed by atoms with Gasteiger partial charge in [-0.3, -0.25) is 0 Å². The summed E-state index contributed by atoms with van der Waals surface area (Å²) in [5.41, 5.74) is -0.0470. The van der Waals surface area contributed by atoms with E-state index in [0.29, 0.717) is 12.0 Å². The third-order valence-corrected chi connectivity index (χ3v) is 2.45. The van der Waals surface area contributed by atoms with Gasteiger partial charge in [-0.2, -0.15) is 0 Å². The first-order valence-corrected chi connectivity index (χ1v) is 5.46. The Labute approximate surface area is 85.5 Å². The Morgan fingerprint density at radius 1 is 1.46 bits per heavy atom. The molecule has 0 aromatic rings. The van der Waals surface area contributed by atoms with E-state index in [9.17, 15) is 0 Å². The largest absolute Gasteiger partial charge is 0.350 e. The summed E-state index contributed by atoms with van der Waals surface area (Å²) < 4.78 is 11.4. The molecule has 1 heterocycles. The zero-order valence-electron chi connectivity index (χ0n) is 8.68. The van der Waals surface area contributed by atoms with E-state index in [2.05, 4.69) is 20.8 Å². The molecule has 0 radical (unpaired) electrons. The highest BCUT2D eigenvalue weighted by molar-refractivity contribution is 6.17. The molecular formula is C10H19ClO2. The Bertz CT molecular complexity index is 159. The van der Waals surface area contributed by atoms with Gasteiger partial charge in [-0.1, -0.05) is 0 Å². The summed E-state index contributed by atoms with van der Waals surface area (Å²) >= 11 is 5.62. The second kappa shape index (κ2) is 4.63. The van der Waals surface area contributed by atoms with E-state index in [-0.39, 0.29) is 11.9 Å². The highest BCUT2D eigenvalue weighted by atomic mass is 35.5. The van der Waals surface area contributed by atoms with E-state index in [4.69, 9.17) is 21.1 Å². The normalized spacial score (nSPS) is 33.2. The molecular weight excluding hydrogens is 188 g/mol. The first-order valence-electron chi connectivity index (χ1n) is 4.93. The fourth-order valence-corrected chi connectivity index (χ4v) is 1.96. The van der Waals surface area contributed by atoms with Gasteiger partial charge < -0.3 is 9.47 Å². The van der Waals surface area contributed by atoms with Crippen LogP contribution in [0.5, 0.6) is 0 Å². The molecule has 0 bridgehead atoms. The number of halogens is 1. The third kappa shape index (κ3) is 3.84. The minimum Gasteiger partial charge on any atom is -0.350 e. The van der Waals surface area contributed by atoms with E-state index in [1.54, 1.807) is 0 Å². The quantitative estimate of drug-likeness (QED) is 0.662. The monoisotopic (exact) mass is 206 g/mol. The summed E-state index contributed by atoms with van der Waals surface area (Å²) in [4.78, 5) is 0. The zero-order chi connectivity index (χ0) is 9.90. The highest BCUT2D eigenvalue weighted by Gasteiger charge is 2.32. The van der Waals surface area contributed by atoms with Gasteiger partial charge in [-0.25, -0.2) is 0 Å². The average Bonchev–Trinajstić information content (AvgIpc) is 1.97. The summed E-state index contributed by atoms with van der Waals surface area (Å²) in [5, 5.41) is 0. The van der Waals surface area contributed by atoms with Crippen molar-refractivity contribution < 1.29 is 9.47 Å². The molecule has 0 spiro atoms. The van der Waals surface area contributed by atoms with Crippen LogP contribution in [-0.4, -0.2) is 23.9 Å². The maximum absolute atomic E-state index is 5.77. The molecule has 78 valence electrons. The van der Waals surface area contributed by atoms with Crippen LogP contribution in [0.1, 0.15) is 40.0 Å². The van der Waals surface area contributed by atoms with Crippen molar-refractivity contribution in [2.45, 2.75) is 58.0 Å². The Kier molecular flexibility index (Phi) is 4.02. The first kappa shape index (κ1) is 11.3. The molecule has 1 rings (SSSR count). The van der Waals surface area contributed by atoms with Crippen LogP contribution >= 0.6 is 11.6 Å². The molecule has 0 aliphatic carbocycles. The van der Waals surface area contributed by atoms with Crippen LogP contribution in [0, 0.1) is 0 Å². The predicted octanol–water partition coefficient (Wildman–Crippen LogP) is 2.94. The molecule has 1 fully saturated rings. The predicted molar refractivity (Wildman–Crippen MR) is 54.1 cm³/mol. The number of rotatable bonds is 3. The topological polar surface area (TPSA) is 18.5 Å². The van der Waals surface area contributed by atoms with Crippen LogP contribution in [0.25, 0.3) is 0 Å². The van der Waals surface area contributed by atoms with Gasteiger partial charge in [-0.05, 0) is 33.6 Å². The lowest BCUT2D eigenvalue weighted by molar-refractivity contribution is -0.270. The smallest absolute Gasteiger partial charge is 0.158 e. The standard InChI is InChI=1S/C10H19ClO2/c1-8-7-10(2,3)13-9(12-8)5-4-6-11/h8-9H,4-7H2,1-3H3. The molecule has 2 unspecified atom stereocenters. The molecule has 0 aromatic carbocycles. The van der Waals surface area contributed by atoms with Gasteiger partial charge in [0.05, 0.1) is 11.7 Å². The van der Waals surface area contributed by atoms with Crippen molar-refractivity contribution in [3.63, 3.8) is 0 Å². The summed E-state index contributed by atoms with van der Waals surface area (Å²) in [6.07, 6.45) is 3.05. The van der Waals surface area contributed by atoms with Crippen LogP contribution in [0.2, 0.25) is 0 Å². The van der Waals surface area contributed by atoms with Crippen LogP contribution < -0.4 is 0 Å². The Balaban J connectivity index is 2.38. The van der Waals surface area contributed by atoms with Gasteiger partial charge in [0.25, 0.3) is 0 Å². The molecule has 1 aliphatic heterocycles. The summed E-state index contributed by atoms with van der Waals surface area (Å²) in [6, 6.07) is 0. The van der Waals surface area contributed by atoms with Crippen molar-refractivity contribution in [1.82, 2.24) is 0 Å². The van der Waals surface area contributed by atoms with Gasteiger partial charge >= 0.3 is 0 Å². The van der Waals surface area contributed by atoms with Crippen LogP contribution in [0.3, 0.4) is 0 Å². The molecule has 0 saturated carbocycles. The van der Waals surface area contributed by atoms with Gasteiger partial charge in [0.1, 0.15) is 0 Å². The van der Waals surface area contributed by atoms with Crippen LogP contribution in [-0.2, 0) is 9.47 Å². The highest BCUT2D eigenvalue weighted by Crippen LogP contribution is 2.29. The van der Waals surface area contributed by atoms with Crippen molar-refractivity contribution in [2.24, 2.45) is 0 Å². The SMILES string of the molecule is CC1CC(C)(C)OC(CCCCl)O1. The molecule has 1 aliphatic rings. The maximum Gasteiger partial charge on any atom is 0.158 e. The van der Waals surface area contributed by atoms with Gasteiger partial charge in [0, 0.05) is 12.3 Å². The summed E-state index contributed by atoms with van der Waals surface area (Å²) in [6.45, 7) is 6.32. The fraction of sp³-hybridized carbons (Fsp3) is 1.00. The Morgan fingerprint density at radius 3 is 2.69 bits per heavy atom. The lowest BCUT2D eigenvalue weighted by Crippen LogP contribution is -2.42.